The van der Waals surface area contributed by atoms with Gasteiger partial charge in [0, 0.05) is 12.3 Å². The monoisotopic (exact) mass is 346 g/mol. The highest BCUT2D eigenvalue weighted by Gasteiger charge is 2.15. The quantitative estimate of drug-likeness (QED) is 0.767. The predicted molar refractivity (Wildman–Crippen MR) is 91.2 cm³/mol. The first-order valence-electron chi connectivity index (χ1n) is 7.78. The lowest BCUT2D eigenvalue weighted by molar-refractivity contribution is 0.242. The van der Waals surface area contributed by atoms with E-state index in [2.05, 4.69) is 29.3 Å². The third-order valence-electron chi connectivity index (χ3n) is 3.82. The van der Waals surface area contributed by atoms with E-state index in [1.54, 1.807) is 18.3 Å². The highest BCUT2D eigenvalue weighted by atomic mass is 32.1. The first kappa shape index (κ1) is 16.4. The molecule has 3 rings (SSSR count). The number of pyridine rings is 1. The molecule has 1 amide bonds. The van der Waals surface area contributed by atoms with Crippen molar-refractivity contribution >= 4 is 27.8 Å². The summed E-state index contributed by atoms with van der Waals surface area (Å²) in [6, 6.07) is 4.67. The summed E-state index contributed by atoms with van der Waals surface area (Å²) in [7, 11) is 0. The summed E-state index contributed by atoms with van der Waals surface area (Å²) in [5.41, 5.74) is 0.507. The van der Waals surface area contributed by atoms with Crippen molar-refractivity contribution < 1.29 is 9.32 Å². The van der Waals surface area contributed by atoms with Crippen LogP contribution in [0.25, 0.3) is 10.2 Å². The molecule has 7 nitrogen and oxygen atoms in total. The number of hydrogen-bond acceptors (Lipinski definition) is 6. The summed E-state index contributed by atoms with van der Waals surface area (Å²) < 4.78 is 6.29. The van der Waals surface area contributed by atoms with Crippen molar-refractivity contribution in [1.29, 1.82) is 0 Å². The lowest BCUT2D eigenvalue weighted by Crippen LogP contribution is -2.32. The van der Waals surface area contributed by atoms with Crippen LogP contribution in [0.3, 0.4) is 0 Å². The topological polar surface area (TPSA) is 90.0 Å². The van der Waals surface area contributed by atoms with E-state index in [1.165, 1.54) is 0 Å². The second-order valence-electron chi connectivity index (χ2n) is 5.71. The van der Waals surface area contributed by atoms with Gasteiger partial charge in [-0.1, -0.05) is 25.4 Å². The molecule has 0 bridgehead atoms. The van der Waals surface area contributed by atoms with Crippen LogP contribution >= 0.6 is 11.5 Å². The van der Waals surface area contributed by atoms with Gasteiger partial charge < -0.3 is 9.84 Å². The van der Waals surface area contributed by atoms with Gasteiger partial charge in [-0.25, -0.2) is 9.78 Å². The molecular formula is C16H18N4O3S. The SMILES string of the molecule is CCC(C)Cc1cc(CNC(=O)n2sc3ncccc3c2=O)on1. The van der Waals surface area contributed by atoms with Crippen molar-refractivity contribution in [3.63, 3.8) is 0 Å². The smallest absolute Gasteiger partial charge is 0.338 e. The van der Waals surface area contributed by atoms with E-state index in [-0.39, 0.29) is 12.1 Å². The number of amides is 1. The van der Waals surface area contributed by atoms with Crippen molar-refractivity contribution in [3.05, 3.63) is 46.2 Å². The van der Waals surface area contributed by atoms with E-state index in [4.69, 9.17) is 4.52 Å². The van der Waals surface area contributed by atoms with Crippen molar-refractivity contribution in [2.45, 2.75) is 33.2 Å². The fourth-order valence-electron chi connectivity index (χ4n) is 2.27. The predicted octanol–water partition coefficient (Wildman–Crippen LogP) is 2.79. The molecule has 0 saturated carbocycles. The number of fused-ring (bicyclic) bond motifs is 1. The summed E-state index contributed by atoms with van der Waals surface area (Å²) in [5, 5.41) is 7.11. The van der Waals surface area contributed by atoms with Gasteiger partial charge in [-0.05, 0) is 36.0 Å². The summed E-state index contributed by atoms with van der Waals surface area (Å²) in [6.45, 7) is 4.46. The first-order valence-corrected chi connectivity index (χ1v) is 8.55. The van der Waals surface area contributed by atoms with Gasteiger partial charge in [-0.2, -0.15) is 3.96 Å². The number of carbonyl (C=O) groups is 1. The Morgan fingerprint density at radius 2 is 2.33 bits per heavy atom. The molecule has 1 unspecified atom stereocenters. The largest absolute Gasteiger partial charge is 0.359 e. The van der Waals surface area contributed by atoms with Gasteiger partial charge in [0.25, 0.3) is 5.56 Å². The molecule has 3 aromatic rings. The highest BCUT2D eigenvalue weighted by molar-refractivity contribution is 7.14. The summed E-state index contributed by atoms with van der Waals surface area (Å²) in [4.78, 5) is 29.0. The molecule has 0 aliphatic heterocycles. The van der Waals surface area contributed by atoms with Crippen molar-refractivity contribution in [1.82, 2.24) is 19.4 Å². The van der Waals surface area contributed by atoms with E-state index in [1.807, 2.05) is 6.07 Å². The maximum atomic E-state index is 12.2. The normalized spacial score (nSPS) is 12.4. The number of carbonyl (C=O) groups excluding carboxylic acids is 1. The molecular weight excluding hydrogens is 328 g/mol. The fourth-order valence-corrected chi connectivity index (χ4v) is 3.13. The van der Waals surface area contributed by atoms with Crippen LogP contribution in [0.15, 0.2) is 33.7 Å². The zero-order valence-electron chi connectivity index (χ0n) is 13.5. The molecule has 0 aromatic carbocycles. The lowest BCUT2D eigenvalue weighted by atomic mass is 10.0. The fraction of sp³-hybridized carbons (Fsp3) is 0.375. The number of nitrogens with zero attached hydrogens (tertiary/aromatic N) is 3. The van der Waals surface area contributed by atoms with Gasteiger partial charge in [0.2, 0.25) is 0 Å². The van der Waals surface area contributed by atoms with Crippen molar-refractivity contribution in [2.24, 2.45) is 5.92 Å². The third-order valence-corrected chi connectivity index (χ3v) is 4.84. The Bertz CT molecular complexity index is 911. The Balaban J connectivity index is 1.67. The molecule has 1 N–H and O–H groups in total. The van der Waals surface area contributed by atoms with E-state index >= 15 is 0 Å². The molecule has 126 valence electrons. The minimum Gasteiger partial charge on any atom is -0.359 e. The van der Waals surface area contributed by atoms with Gasteiger partial charge in [-0.3, -0.25) is 4.79 Å². The Kier molecular flexibility index (Phi) is 4.75. The number of rotatable bonds is 5. The van der Waals surface area contributed by atoms with Crippen molar-refractivity contribution in [3.8, 4) is 0 Å². The summed E-state index contributed by atoms with van der Waals surface area (Å²) in [5.74, 6) is 1.09. The Morgan fingerprint density at radius 3 is 3.08 bits per heavy atom. The average Bonchev–Trinajstić information content (AvgIpc) is 3.17. The van der Waals surface area contributed by atoms with Gasteiger partial charge in [0.15, 0.2) is 5.76 Å². The molecule has 0 aliphatic carbocycles. The van der Waals surface area contributed by atoms with Crippen LogP contribution in [0.1, 0.15) is 31.7 Å². The molecule has 0 radical (unpaired) electrons. The van der Waals surface area contributed by atoms with Crippen LogP contribution in [0.2, 0.25) is 0 Å². The molecule has 0 spiro atoms. The van der Waals surface area contributed by atoms with Crippen molar-refractivity contribution in [2.75, 3.05) is 0 Å². The summed E-state index contributed by atoms with van der Waals surface area (Å²) >= 11 is 1.02. The van der Waals surface area contributed by atoms with E-state index in [9.17, 15) is 9.59 Å². The van der Waals surface area contributed by atoms with Gasteiger partial charge in [-0.15, -0.1) is 0 Å². The molecule has 0 saturated heterocycles. The molecule has 8 heteroatoms. The molecule has 0 fully saturated rings. The van der Waals surface area contributed by atoms with E-state index in [0.29, 0.717) is 21.9 Å². The zero-order valence-corrected chi connectivity index (χ0v) is 14.3. The van der Waals surface area contributed by atoms with Crippen LogP contribution in [0, 0.1) is 5.92 Å². The molecule has 24 heavy (non-hydrogen) atoms. The van der Waals surface area contributed by atoms with Crippen LogP contribution in [-0.4, -0.2) is 20.1 Å². The number of aromatic nitrogens is 3. The van der Waals surface area contributed by atoms with Crippen LogP contribution in [0.5, 0.6) is 0 Å². The number of hydrogen-bond donors (Lipinski definition) is 1. The summed E-state index contributed by atoms with van der Waals surface area (Å²) in [6.07, 6.45) is 3.51. The molecule has 3 aromatic heterocycles. The highest BCUT2D eigenvalue weighted by Crippen LogP contribution is 2.13. The zero-order chi connectivity index (χ0) is 17.1. The Labute approximate surface area is 142 Å². The average molecular weight is 346 g/mol. The minimum atomic E-state index is -0.497. The molecule has 1 atom stereocenters. The number of nitrogens with one attached hydrogen (secondary N) is 1. The van der Waals surface area contributed by atoms with E-state index < -0.39 is 6.03 Å². The molecule has 3 heterocycles. The Morgan fingerprint density at radius 1 is 1.50 bits per heavy atom. The van der Waals surface area contributed by atoms with Gasteiger partial charge >= 0.3 is 6.03 Å². The molecule has 0 aliphatic rings. The van der Waals surface area contributed by atoms with Crippen LogP contribution < -0.4 is 10.9 Å². The Hall–Kier alpha value is -2.48. The second-order valence-corrected chi connectivity index (χ2v) is 6.64. The standard InChI is InChI=1S/C16H18N4O3S/c1-3-10(2)7-11-8-12(23-19-11)9-18-16(22)20-15(21)13-5-4-6-17-14(13)24-20/h4-6,8,10H,3,7,9H2,1-2H3,(H,18,22). The minimum absolute atomic E-state index is 0.181. The van der Waals surface area contributed by atoms with Gasteiger partial charge in [0.05, 0.1) is 17.6 Å². The second kappa shape index (κ2) is 6.96. The first-order chi connectivity index (χ1) is 11.6. The maximum absolute atomic E-state index is 12.2. The maximum Gasteiger partial charge on any atom is 0.338 e. The van der Waals surface area contributed by atoms with Gasteiger partial charge in [0.1, 0.15) is 4.83 Å². The van der Waals surface area contributed by atoms with Crippen LogP contribution in [0.4, 0.5) is 4.79 Å². The van der Waals surface area contributed by atoms with E-state index in [0.717, 1.165) is 34.0 Å². The lowest BCUT2D eigenvalue weighted by Gasteiger charge is -2.03. The van der Waals surface area contributed by atoms with Crippen LogP contribution in [-0.2, 0) is 13.0 Å². The third kappa shape index (κ3) is 3.38.